The third kappa shape index (κ3) is 1.95. The first-order valence-corrected chi connectivity index (χ1v) is 5.24. The molecule has 0 aliphatic rings. The standard InChI is InChI=1S/C12H12ClN3/c1-7-2-4-8(5-3-7)11-9(14)6-10(15)12(13)16-11/h2-6H,14-15H2,1H3. The number of rotatable bonds is 1. The number of anilines is 2. The van der Waals surface area contributed by atoms with Crippen molar-refractivity contribution in [2.75, 3.05) is 11.5 Å². The molecule has 2 rings (SSSR count). The van der Waals surface area contributed by atoms with Crippen molar-refractivity contribution < 1.29 is 0 Å². The fraction of sp³-hybridized carbons (Fsp3) is 0.0833. The number of nitrogens with zero attached hydrogens (tertiary/aromatic N) is 1. The second kappa shape index (κ2) is 4.02. The van der Waals surface area contributed by atoms with Gasteiger partial charge in [0.1, 0.15) is 0 Å². The third-order valence-corrected chi connectivity index (χ3v) is 2.66. The topological polar surface area (TPSA) is 64.9 Å². The lowest BCUT2D eigenvalue weighted by molar-refractivity contribution is 1.32. The highest BCUT2D eigenvalue weighted by Crippen LogP contribution is 2.29. The molecule has 0 saturated carbocycles. The first kappa shape index (κ1) is 10.8. The van der Waals surface area contributed by atoms with Crippen LogP contribution >= 0.6 is 11.6 Å². The first-order valence-electron chi connectivity index (χ1n) is 4.86. The molecule has 0 fully saturated rings. The van der Waals surface area contributed by atoms with Gasteiger partial charge in [-0.05, 0) is 13.0 Å². The number of halogens is 1. The second-order valence-electron chi connectivity index (χ2n) is 3.67. The monoisotopic (exact) mass is 233 g/mol. The summed E-state index contributed by atoms with van der Waals surface area (Å²) in [6, 6.07) is 9.55. The van der Waals surface area contributed by atoms with Crippen molar-refractivity contribution in [2.45, 2.75) is 6.92 Å². The van der Waals surface area contributed by atoms with Gasteiger partial charge in [-0.1, -0.05) is 41.4 Å². The molecule has 0 amide bonds. The van der Waals surface area contributed by atoms with Crippen molar-refractivity contribution in [2.24, 2.45) is 0 Å². The van der Waals surface area contributed by atoms with Gasteiger partial charge in [0, 0.05) is 5.56 Å². The summed E-state index contributed by atoms with van der Waals surface area (Å²) < 4.78 is 0. The van der Waals surface area contributed by atoms with Gasteiger partial charge in [0.15, 0.2) is 5.15 Å². The fourth-order valence-electron chi connectivity index (χ4n) is 1.47. The van der Waals surface area contributed by atoms with Gasteiger partial charge in [-0.3, -0.25) is 0 Å². The highest BCUT2D eigenvalue weighted by molar-refractivity contribution is 6.32. The van der Waals surface area contributed by atoms with Crippen LogP contribution in [0.25, 0.3) is 11.3 Å². The van der Waals surface area contributed by atoms with Crippen LogP contribution in [0.15, 0.2) is 30.3 Å². The average molecular weight is 234 g/mol. The Bertz CT molecular complexity index is 521. The Morgan fingerprint density at radius 2 is 1.69 bits per heavy atom. The molecule has 1 aromatic heterocycles. The molecule has 4 heteroatoms. The van der Waals surface area contributed by atoms with Gasteiger partial charge < -0.3 is 11.5 Å². The molecule has 1 heterocycles. The lowest BCUT2D eigenvalue weighted by Crippen LogP contribution is -1.98. The first-order chi connectivity index (χ1) is 7.58. The van der Waals surface area contributed by atoms with E-state index in [9.17, 15) is 0 Å². The summed E-state index contributed by atoms with van der Waals surface area (Å²) >= 11 is 5.88. The van der Waals surface area contributed by atoms with E-state index in [2.05, 4.69) is 4.98 Å². The van der Waals surface area contributed by atoms with Gasteiger partial charge in [0.05, 0.1) is 17.1 Å². The van der Waals surface area contributed by atoms with Crippen LogP contribution in [-0.2, 0) is 0 Å². The van der Waals surface area contributed by atoms with Crippen molar-refractivity contribution in [3.8, 4) is 11.3 Å². The largest absolute Gasteiger partial charge is 0.397 e. The second-order valence-corrected chi connectivity index (χ2v) is 4.03. The summed E-state index contributed by atoms with van der Waals surface area (Å²) in [4.78, 5) is 4.19. The average Bonchev–Trinajstić information content (AvgIpc) is 2.25. The number of hydrogen-bond acceptors (Lipinski definition) is 3. The molecule has 3 nitrogen and oxygen atoms in total. The number of aryl methyl sites for hydroxylation is 1. The number of aromatic nitrogens is 1. The number of nitrogen functional groups attached to an aromatic ring is 2. The molecule has 0 spiro atoms. The quantitative estimate of drug-likeness (QED) is 0.745. The molecule has 16 heavy (non-hydrogen) atoms. The molecule has 0 radical (unpaired) electrons. The van der Waals surface area contributed by atoms with Crippen LogP contribution in [0.2, 0.25) is 5.15 Å². The summed E-state index contributed by atoms with van der Waals surface area (Å²) in [6.45, 7) is 2.02. The number of hydrogen-bond donors (Lipinski definition) is 2. The lowest BCUT2D eigenvalue weighted by atomic mass is 10.1. The Labute approximate surface area is 99.1 Å². The molecule has 2 aromatic rings. The predicted molar refractivity (Wildman–Crippen MR) is 68.2 cm³/mol. The summed E-state index contributed by atoms with van der Waals surface area (Å²) in [5, 5.41) is 0.282. The van der Waals surface area contributed by atoms with Crippen LogP contribution in [0.3, 0.4) is 0 Å². The van der Waals surface area contributed by atoms with Crippen molar-refractivity contribution in [1.29, 1.82) is 0 Å². The summed E-state index contributed by atoms with van der Waals surface area (Å²) in [6.07, 6.45) is 0. The van der Waals surface area contributed by atoms with Gasteiger partial charge in [0.25, 0.3) is 0 Å². The normalized spacial score (nSPS) is 10.4. The van der Waals surface area contributed by atoms with Gasteiger partial charge in [-0.2, -0.15) is 0 Å². The molecular formula is C12H12ClN3. The Balaban J connectivity index is 2.56. The van der Waals surface area contributed by atoms with E-state index in [4.69, 9.17) is 23.1 Å². The maximum absolute atomic E-state index is 5.88. The summed E-state index contributed by atoms with van der Waals surface area (Å²) in [5.74, 6) is 0. The highest BCUT2D eigenvalue weighted by Gasteiger charge is 2.08. The highest BCUT2D eigenvalue weighted by atomic mass is 35.5. The molecule has 0 aliphatic carbocycles. The van der Waals surface area contributed by atoms with Gasteiger partial charge in [0.2, 0.25) is 0 Å². The van der Waals surface area contributed by atoms with Crippen molar-refractivity contribution in [3.05, 3.63) is 41.0 Å². The van der Waals surface area contributed by atoms with Gasteiger partial charge in [-0.25, -0.2) is 4.98 Å². The minimum Gasteiger partial charge on any atom is -0.397 e. The van der Waals surface area contributed by atoms with Crippen molar-refractivity contribution in [3.63, 3.8) is 0 Å². The Hall–Kier alpha value is -1.74. The molecule has 0 unspecified atom stereocenters. The maximum atomic E-state index is 5.88. The Morgan fingerprint density at radius 3 is 2.31 bits per heavy atom. The van der Waals surface area contributed by atoms with Crippen LogP contribution in [-0.4, -0.2) is 4.98 Å². The predicted octanol–water partition coefficient (Wildman–Crippen LogP) is 2.87. The van der Waals surface area contributed by atoms with Crippen LogP contribution < -0.4 is 11.5 Å². The zero-order valence-corrected chi connectivity index (χ0v) is 9.62. The molecular weight excluding hydrogens is 222 g/mol. The smallest absolute Gasteiger partial charge is 0.152 e. The van der Waals surface area contributed by atoms with E-state index in [1.54, 1.807) is 6.07 Å². The molecule has 4 N–H and O–H groups in total. The van der Waals surface area contributed by atoms with Gasteiger partial charge >= 0.3 is 0 Å². The molecule has 82 valence electrons. The van der Waals surface area contributed by atoms with E-state index in [-0.39, 0.29) is 5.15 Å². The van der Waals surface area contributed by atoms with Crippen molar-refractivity contribution >= 4 is 23.0 Å². The van der Waals surface area contributed by atoms with E-state index in [0.29, 0.717) is 17.1 Å². The van der Waals surface area contributed by atoms with Crippen LogP contribution in [0.4, 0.5) is 11.4 Å². The van der Waals surface area contributed by atoms with Crippen LogP contribution in [0.5, 0.6) is 0 Å². The minimum atomic E-state index is 0.282. The third-order valence-electron chi connectivity index (χ3n) is 2.36. The zero-order valence-electron chi connectivity index (χ0n) is 8.87. The number of pyridine rings is 1. The fourth-order valence-corrected chi connectivity index (χ4v) is 1.60. The van der Waals surface area contributed by atoms with E-state index in [0.717, 1.165) is 5.56 Å². The molecule has 0 bridgehead atoms. The van der Waals surface area contributed by atoms with E-state index in [1.165, 1.54) is 5.56 Å². The number of benzene rings is 1. The SMILES string of the molecule is Cc1ccc(-c2nc(Cl)c(N)cc2N)cc1. The molecule has 0 aliphatic heterocycles. The van der Waals surface area contributed by atoms with Crippen LogP contribution in [0, 0.1) is 6.92 Å². The van der Waals surface area contributed by atoms with E-state index < -0.39 is 0 Å². The molecule has 0 saturated heterocycles. The molecule has 1 aromatic carbocycles. The van der Waals surface area contributed by atoms with Gasteiger partial charge in [-0.15, -0.1) is 0 Å². The van der Waals surface area contributed by atoms with E-state index in [1.807, 2.05) is 31.2 Å². The summed E-state index contributed by atoms with van der Waals surface area (Å²) in [7, 11) is 0. The lowest BCUT2D eigenvalue weighted by Gasteiger charge is -2.07. The summed E-state index contributed by atoms with van der Waals surface area (Å²) in [5.41, 5.74) is 15.2. The van der Waals surface area contributed by atoms with Crippen LogP contribution in [0.1, 0.15) is 5.56 Å². The minimum absolute atomic E-state index is 0.282. The molecule has 0 atom stereocenters. The Morgan fingerprint density at radius 1 is 1.06 bits per heavy atom. The maximum Gasteiger partial charge on any atom is 0.152 e. The van der Waals surface area contributed by atoms with E-state index >= 15 is 0 Å². The van der Waals surface area contributed by atoms with Crippen molar-refractivity contribution in [1.82, 2.24) is 4.98 Å². The zero-order chi connectivity index (χ0) is 11.7. The number of nitrogens with two attached hydrogens (primary N) is 2. The Kier molecular flexibility index (Phi) is 2.71.